The van der Waals surface area contributed by atoms with Crippen molar-refractivity contribution in [1.29, 1.82) is 0 Å². The predicted molar refractivity (Wildman–Crippen MR) is 44.7 cm³/mol. The minimum Gasteiger partial charge on any atom is -0.327 e. The van der Waals surface area contributed by atoms with E-state index >= 15 is 0 Å². The molecule has 0 aromatic heterocycles. The van der Waals surface area contributed by atoms with Gasteiger partial charge in [-0.05, 0) is 4.08 Å². The standard InChI is InChI=1S/C6H6F2INO/c7-6(8)3-10(4-6)5(11)1-2-9/h1-2H,3-4H2. The monoisotopic (exact) mass is 273 g/mol. The minimum atomic E-state index is -2.66. The number of carbonyl (C=O) groups is 1. The number of hydrogen-bond acceptors (Lipinski definition) is 1. The average molecular weight is 273 g/mol. The first-order valence-corrected chi connectivity index (χ1v) is 4.23. The Hall–Kier alpha value is -0.200. The summed E-state index contributed by atoms with van der Waals surface area (Å²) in [5.74, 6) is -3.00. The molecule has 0 aromatic rings. The number of alkyl halides is 2. The van der Waals surface area contributed by atoms with Crippen molar-refractivity contribution in [1.82, 2.24) is 4.90 Å². The van der Waals surface area contributed by atoms with E-state index in [0.29, 0.717) is 0 Å². The molecule has 1 rings (SSSR count). The molecule has 0 aliphatic carbocycles. The summed E-state index contributed by atoms with van der Waals surface area (Å²) < 4.78 is 25.8. The number of rotatable bonds is 1. The first-order chi connectivity index (χ1) is 5.05. The smallest absolute Gasteiger partial charge is 0.282 e. The third kappa shape index (κ3) is 2.11. The fourth-order valence-electron chi connectivity index (χ4n) is 0.827. The fraction of sp³-hybridized carbons (Fsp3) is 0.500. The van der Waals surface area contributed by atoms with Gasteiger partial charge < -0.3 is 4.90 Å². The van der Waals surface area contributed by atoms with E-state index in [2.05, 4.69) is 0 Å². The third-order valence-electron chi connectivity index (χ3n) is 1.36. The zero-order valence-electron chi connectivity index (χ0n) is 5.56. The number of hydrogen-bond donors (Lipinski definition) is 0. The molecule has 1 aliphatic rings. The number of nitrogens with zero attached hydrogens (tertiary/aromatic N) is 1. The lowest BCUT2D eigenvalue weighted by Gasteiger charge is -2.37. The molecule has 0 unspecified atom stereocenters. The van der Waals surface area contributed by atoms with E-state index in [9.17, 15) is 13.6 Å². The van der Waals surface area contributed by atoms with Crippen LogP contribution >= 0.6 is 22.6 Å². The van der Waals surface area contributed by atoms with Crippen LogP contribution in [-0.4, -0.2) is 29.8 Å². The second-order valence-corrected chi connectivity index (χ2v) is 3.06. The van der Waals surface area contributed by atoms with Gasteiger partial charge in [0, 0.05) is 6.08 Å². The second-order valence-electron chi connectivity index (χ2n) is 2.34. The molecule has 2 nitrogen and oxygen atoms in total. The van der Waals surface area contributed by atoms with Crippen molar-refractivity contribution < 1.29 is 13.6 Å². The van der Waals surface area contributed by atoms with Gasteiger partial charge in [-0.1, -0.05) is 22.6 Å². The zero-order chi connectivity index (χ0) is 8.48. The molecule has 0 N–H and O–H groups in total. The topological polar surface area (TPSA) is 20.3 Å². The van der Waals surface area contributed by atoms with Crippen LogP contribution < -0.4 is 0 Å². The Balaban J connectivity index is 2.38. The van der Waals surface area contributed by atoms with Gasteiger partial charge in [0.15, 0.2) is 0 Å². The van der Waals surface area contributed by atoms with Crippen molar-refractivity contribution >= 4 is 28.5 Å². The first kappa shape index (κ1) is 8.89. The molecule has 1 fully saturated rings. The van der Waals surface area contributed by atoms with Gasteiger partial charge in [0.25, 0.3) is 5.92 Å². The maximum Gasteiger partial charge on any atom is 0.282 e. The molecular formula is C6H6F2INO. The van der Waals surface area contributed by atoms with Crippen LogP contribution in [0.3, 0.4) is 0 Å². The molecule has 5 heteroatoms. The lowest BCUT2D eigenvalue weighted by Crippen LogP contribution is -2.57. The van der Waals surface area contributed by atoms with E-state index < -0.39 is 19.0 Å². The van der Waals surface area contributed by atoms with Crippen molar-refractivity contribution in [3.8, 4) is 0 Å². The number of carbonyl (C=O) groups excluding carboxylic acids is 1. The van der Waals surface area contributed by atoms with Crippen LogP contribution in [0.25, 0.3) is 0 Å². The molecule has 1 amide bonds. The normalized spacial score (nSPS) is 21.9. The number of halogens is 3. The molecule has 0 radical (unpaired) electrons. The van der Waals surface area contributed by atoms with Gasteiger partial charge in [-0.2, -0.15) is 0 Å². The molecule has 0 spiro atoms. The lowest BCUT2D eigenvalue weighted by atomic mass is 10.1. The average Bonchev–Trinajstić information content (AvgIpc) is 1.83. The fourth-order valence-corrected chi connectivity index (χ4v) is 1.13. The predicted octanol–water partition coefficient (Wildman–Crippen LogP) is 1.41. The summed E-state index contributed by atoms with van der Waals surface area (Å²) in [6.45, 7) is -0.875. The van der Waals surface area contributed by atoms with Crippen LogP contribution in [0, 0.1) is 0 Å². The van der Waals surface area contributed by atoms with Gasteiger partial charge in [0.2, 0.25) is 5.91 Å². The second kappa shape index (κ2) is 3.04. The Labute approximate surface area is 76.4 Å². The highest BCUT2D eigenvalue weighted by Crippen LogP contribution is 2.26. The van der Waals surface area contributed by atoms with Gasteiger partial charge in [0.1, 0.15) is 0 Å². The third-order valence-corrected chi connectivity index (χ3v) is 1.72. The molecule has 1 saturated heterocycles. The highest BCUT2D eigenvalue weighted by molar-refractivity contribution is 14.1. The Morgan fingerprint density at radius 3 is 2.45 bits per heavy atom. The molecule has 1 heterocycles. The Kier molecular flexibility index (Phi) is 2.46. The minimum absolute atomic E-state index is 0.342. The Morgan fingerprint density at radius 2 is 2.09 bits per heavy atom. The van der Waals surface area contributed by atoms with Crippen molar-refractivity contribution in [2.45, 2.75) is 5.92 Å². The summed E-state index contributed by atoms with van der Waals surface area (Å²) >= 11 is 1.87. The first-order valence-electron chi connectivity index (χ1n) is 2.99. The van der Waals surface area contributed by atoms with E-state index in [1.807, 2.05) is 22.6 Å². The SMILES string of the molecule is O=C(C=CI)N1CC(F)(F)C1. The van der Waals surface area contributed by atoms with Crippen molar-refractivity contribution in [3.05, 3.63) is 10.2 Å². The van der Waals surface area contributed by atoms with Crippen molar-refractivity contribution in [3.63, 3.8) is 0 Å². The lowest BCUT2D eigenvalue weighted by molar-refractivity contribution is -0.160. The van der Waals surface area contributed by atoms with Gasteiger partial charge in [-0.3, -0.25) is 4.79 Å². The largest absolute Gasteiger partial charge is 0.327 e. The highest BCUT2D eigenvalue weighted by atomic mass is 127. The summed E-state index contributed by atoms with van der Waals surface area (Å²) in [6.07, 6.45) is 1.27. The highest BCUT2D eigenvalue weighted by Gasteiger charge is 2.45. The van der Waals surface area contributed by atoms with Crippen molar-refractivity contribution in [2.75, 3.05) is 13.1 Å². The molecular weight excluding hydrogens is 267 g/mol. The Bertz CT molecular complexity index is 197. The Morgan fingerprint density at radius 1 is 1.55 bits per heavy atom. The molecule has 62 valence electrons. The molecule has 0 bridgehead atoms. The van der Waals surface area contributed by atoms with Gasteiger partial charge in [-0.15, -0.1) is 0 Å². The van der Waals surface area contributed by atoms with Gasteiger partial charge in [-0.25, -0.2) is 8.78 Å². The van der Waals surface area contributed by atoms with E-state index in [1.165, 1.54) is 10.2 Å². The van der Waals surface area contributed by atoms with Gasteiger partial charge in [0.05, 0.1) is 13.1 Å². The van der Waals surface area contributed by atoms with Crippen LogP contribution in [0.2, 0.25) is 0 Å². The maximum atomic E-state index is 12.2. The maximum absolute atomic E-state index is 12.2. The van der Waals surface area contributed by atoms with Crippen LogP contribution in [-0.2, 0) is 4.79 Å². The number of amides is 1. The number of likely N-dealkylation sites (tertiary alicyclic amines) is 1. The van der Waals surface area contributed by atoms with E-state index in [-0.39, 0.29) is 5.91 Å². The van der Waals surface area contributed by atoms with E-state index in [0.717, 1.165) is 4.90 Å². The van der Waals surface area contributed by atoms with E-state index in [4.69, 9.17) is 0 Å². The van der Waals surface area contributed by atoms with Crippen LogP contribution in [0.4, 0.5) is 8.78 Å². The summed E-state index contributed by atoms with van der Waals surface area (Å²) in [5.41, 5.74) is 0. The zero-order valence-corrected chi connectivity index (χ0v) is 7.72. The molecule has 0 atom stereocenters. The quantitative estimate of drug-likeness (QED) is 0.522. The summed E-state index contributed by atoms with van der Waals surface area (Å²) in [4.78, 5) is 11.9. The molecule has 0 saturated carbocycles. The van der Waals surface area contributed by atoms with Gasteiger partial charge >= 0.3 is 0 Å². The van der Waals surface area contributed by atoms with Crippen LogP contribution in [0.1, 0.15) is 0 Å². The van der Waals surface area contributed by atoms with Crippen LogP contribution in [0.15, 0.2) is 10.2 Å². The summed E-state index contributed by atoms with van der Waals surface area (Å²) in [5, 5.41) is 0. The van der Waals surface area contributed by atoms with E-state index in [1.54, 1.807) is 0 Å². The summed E-state index contributed by atoms with van der Waals surface area (Å²) in [6, 6.07) is 0. The molecule has 0 aromatic carbocycles. The molecule has 1 aliphatic heterocycles. The van der Waals surface area contributed by atoms with Crippen LogP contribution in [0.5, 0.6) is 0 Å². The summed E-state index contributed by atoms with van der Waals surface area (Å²) in [7, 11) is 0. The van der Waals surface area contributed by atoms with Crippen molar-refractivity contribution in [2.24, 2.45) is 0 Å². The molecule has 11 heavy (non-hydrogen) atoms.